The molecule has 3 nitrogen and oxygen atoms in total. The third kappa shape index (κ3) is 1.65. The molecule has 4 heteroatoms. The molecule has 2 aliphatic carbocycles. The molecule has 1 aromatic rings. The molecule has 2 fully saturated rings. The van der Waals surface area contributed by atoms with Gasteiger partial charge < -0.3 is 4.74 Å². The summed E-state index contributed by atoms with van der Waals surface area (Å²) >= 11 is 1.38. The summed E-state index contributed by atoms with van der Waals surface area (Å²) in [5, 5.41) is 0. The molecule has 2 saturated carbocycles. The van der Waals surface area contributed by atoms with Gasteiger partial charge in [0.25, 0.3) is 0 Å². The Hall–Kier alpha value is -0.900. The van der Waals surface area contributed by atoms with Gasteiger partial charge in [-0.2, -0.15) is 0 Å². The van der Waals surface area contributed by atoms with Gasteiger partial charge in [-0.25, -0.2) is 9.78 Å². The molecule has 2 aliphatic rings. The van der Waals surface area contributed by atoms with Crippen molar-refractivity contribution in [1.82, 2.24) is 4.98 Å². The van der Waals surface area contributed by atoms with Crippen LogP contribution in [-0.4, -0.2) is 17.1 Å². The van der Waals surface area contributed by atoms with Crippen LogP contribution in [0.5, 0.6) is 0 Å². The zero-order valence-corrected chi connectivity index (χ0v) is 10.1. The van der Waals surface area contributed by atoms with E-state index in [1.54, 1.807) is 5.51 Å². The molecule has 3 rings (SSSR count). The third-order valence-electron chi connectivity index (χ3n) is 3.86. The predicted octanol–water partition coefficient (Wildman–Crippen LogP) is 2.80. The van der Waals surface area contributed by atoms with Crippen molar-refractivity contribution in [3.63, 3.8) is 0 Å². The molecular formula is C12H15NO2S. The maximum absolute atomic E-state index is 11.9. The molecule has 0 saturated heterocycles. The summed E-state index contributed by atoms with van der Waals surface area (Å²) < 4.78 is 5.60. The number of nitrogens with zero attached hydrogens (tertiary/aromatic N) is 1. The Morgan fingerprint density at radius 2 is 2.38 bits per heavy atom. The lowest BCUT2D eigenvalue weighted by molar-refractivity contribution is 0.0163. The van der Waals surface area contributed by atoms with Crippen LogP contribution in [0.4, 0.5) is 0 Å². The number of hydrogen-bond acceptors (Lipinski definition) is 4. The number of fused-ring (bicyclic) bond motifs is 2. The fourth-order valence-electron chi connectivity index (χ4n) is 3.02. The summed E-state index contributed by atoms with van der Waals surface area (Å²) in [6, 6.07) is 0. The smallest absolute Gasteiger partial charge is 0.350 e. The molecule has 1 aromatic heterocycles. The zero-order chi connectivity index (χ0) is 11.1. The van der Waals surface area contributed by atoms with Gasteiger partial charge in [-0.3, -0.25) is 0 Å². The van der Waals surface area contributed by atoms with E-state index in [-0.39, 0.29) is 12.1 Å². The lowest BCUT2D eigenvalue weighted by Crippen LogP contribution is -2.23. The van der Waals surface area contributed by atoms with Crippen molar-refractivity contribution >= 4 is 17.3 Å². The van der Waals surface area contributed by atoms with E-state index in [0.29, 0.717) is 10.8 Å². The molecule has 3 atom stereocenters. The number of esters is 1. The normalized spacial score (nSPS) is 31.9. The summed E-state index contributed by atoms with van der Waals surface area (Å²) in [5.41, 5.74) is 2.49. The van der Waals surface area contributed by atoms with E-state index in [0.717, 1.165) is 18.0 Å². The lowest BCUT2D eigenvalue weighted by Gasteiger charge is -2.21. The quantitative estimate of drug-likeness (QED) is 0.742. The number of hydrogen-bond donors (Lipinski definition) is 0. The van der Waals surface area contributed by atoms with E-state index in [2.05, 4.69) is 4.98 Å². The molecule has 86 valence electrons. The van der Waals surface area contributed by atoms with E-state index in [4.69, 9.17) is 4.74 Å². The van der Waals surface area contributed by atoms with E-state index >= 15 is 0 Å². The Morgan fingerprint density at radius 1 is 1.50 bits per heavy atom. The van der Waals surface area contributed by atoms with Gasteiger partial charge in [-0.05, 0) is 44.4 Å². The second kappa shape index (κ2) is 3.84. The Labute approximate surface area is 98.8 Å². The molecule has 1 heterocycles. The maximum atomic E-state index is 11.9. The van der Waals surface area contributed by atoms with Crippen LogP contribution < -0.4 is 0 Å². The van der Waals surface area contributed by atoms with Crippen LogP contribution in [0, 0.1) is 18.8 Å². The van der Waals surface area contributed by atoms with Gasteiger partial charge in [0.1, 0.15) is 11.0 Å². The van der Waals surface area contributed by atoms with Gasteiger partial charge in [0.2, 0.25) is 0 Å². The van der Waals surface area contributed by atoms with Crippen molar-refractivity contribution in [3.05, 3.63) is 16.1 Å². The van der Waals surface area contributed by atoms with Crippen LogP contribution in [-0.2, 0) is 4.74 Å². The van der Waals surface area contributed by atoms with Crippen molar-refractivity contribution in [3.8, 4) is 0 Å². The Morgan fingerprint density at radius 3 is 2.94 bits per heavy atom. The molecule has 0 amide bonds. The molecule has 0 N–H and O–H groups in total. The SMILES string of the molecule is Cc1ncsc1C(=O)OC1CC2CCC1C2. The molecule has 16 heavy (non-hydrogen) atoms. The van der Waals surface area contributed by atoms with E-state index in [9.17, 15) is 4.79 Å². The van der Waals surface area contributed by atoms with Gasteiger partial charge in [0.05, 0.1) is 11.2 Å². The van der Waals surface area contributed by atoms with E-state index < -0.39 is 0 Å². The van der Waals surface area contributed by atoms with Gasteiger partial charge in [0.15, 0.2) is 0 Å². The minimum Gasteiger partial charge on any atom is -0.458 e. The third-order valence-corrected chi connectivity index (χ3v) is 4.77. The van der Waals surface area contributed by atoms with Crippen LogP contribution in [0.2, 0.25) is 0 Å². The van der Waals surface area contributed by atoms with Crippen molar-refractivity contribution in [2.45, 2.75) is 38.7 Å². The number of carbonyl (C=O) groups is 1. The minimum atomic E-state index is -0.169. The van der Waals surface area contributed by atoms with Crippen LogP contribution in [0.3, 0.4) is 0 Å². The second-order valence-electron chi connectivity index (χ2n) is 4.89. The first kappa shape index (κ1) is 10.3. The van der Waals surface area contributed by atoms with Gasteiger partial charge in [-0.1, -0.05) is 0 Å². The highest BCUT2D eigenvalue weighted by atomic mass is 32.1. The largest absolute Gasteiger partial charge is 0.458 e. The highest BCUT2D eigenvalue weighted by molar-refractivity contribution is 7.11. The van der Waals surface area contributed by atoms with Crippen molar-refractivity contribution < 1.29 is 9.53 Å². The standard InChI is InChI=1S/C12H15NO2S/c1-7-11(16-6-13-7)12(14)15-10-5-8-2-3-9(10)4-8/h6,8-10H,2-5H2,1H3. The molecule has 3 unspecified atom stereocenters. The topological polar surface area (TPSA) is 39.2 Å². The number of aryl methyl sites for hydroxylation is 1. The second-order valence-corrected chi connectivity index (χ2v) is 5.74. The molecule has 2 bridgehead atoms. The molecule has 0 spiro atoms. The van der Waals surface area contributed by atoms with Crippen LogP contribution in [0.15, 0.2) is 5.51 Å². The summed E-state index contributed by atoms with van der Waals surface area (Å²) in [4.78, 5) is 16.7. The van der Waals surface area contributed by atoms with Crippen LogP contribution in [0.25, 0.3) is 0 Å². The monoisotopic (exact) mass is 237 g/mol. The first-order chi connectivity index (χ1) is 7.74. The molecule has 0 aromatic carbocycles. The molecular weight excluding hydrogens is 222 g/mol. The minimum absolute atomic E-state index is 0.169. The first-order valence-electron chi connectivity index (χ1n) is 5.85. The lowest BCUT2D eigenvalue weighted by atomic mass is 9.98. The number of ether oxygens (including phenoxy) is 1. The average molecular weight is 237 g/mol. The van der Waals surface area contributed by atoms with Crippen molar-refractivity contribution in [1.29, 1.82) is 0 Å². The number of aromatic nitrogens is 1. The Balaban J connectivity index is 1.67. The summed E-state index contributed by atoms with van der Waals surface area (Å²) in [6.45, 7) is 1.86. The van der Waals surface area contributed by atoms with E-state index in [1.807, 2.05) is 6.92 Å². The number of thiazole rings is 1. The highest BCUT2D eigenvalue weighted by Gasteiger charge is 2.41. The number of rotatable bonds is 2. The van der Waals surface area contributed by atoms with Gasteiger partial charge >= 0.3 is 5.97 Å². The maximum Gasteiger partial charge on any atom is 0.350 e. The Bertz CT molecular complexity index is 415. The first-order valence-corrected chi connectivity index (χ1v) is 6.73. The van der Waals surface area contributed by atoms with Crippen LogP contribution in [0.1, 0.15) is 41.0 Å². The van der Waals surface area contributed by atoms with Crippen molar-refractivity contribution in [2.24, 2.45) is 11.8 Å². The Kier molecular flexibility index (Phi) is 2.46. The van der Waals surface area contributed by atoms with Crippen molar-refractivity contribution in [2.75, 3.05) is 0 Å². The molecule has 0 aliphatic heterocycles. The van der Waals surface area contributed by atoms with E-state index in [1.165, 1.54) is 30.6 Å². The van der Waals surface area contributed by atoms with Gasteiger partial charge in [0, 0.05) is 0 Å². The predicted molar refractivity (Wildman–Crippen MR) is 61.5 cm³/mol. The van der Waals surface area contributed by atoms with Crippen LogP contribution >= 0.6 is 11.3 Å². The fraction of sp³-hybridized carbons (Fsp3) is 0.667. The summed E-state index contributed by atoms with van der Waals surface area (Å²) in [5.74, 6) is 1.27. The molecule has 0 radical (unpaired) electrons. The average Bonchev–Trinajstić information content (AvgIpc) is 2.92. The summed E-state index contributed by atoms with van der Waals surface area (Å²) in [7, 11) is 0. The summed E-state index contributed by atoms with van der Waals surface area (Å²) in [6.07, 6.45) is 5.09. The zero-order valence-electron chi connectivity index (χ0n) is 9.31. The number of carbonyl (C=O) groups excluding carboxylic acids is 1. The fourth-order valence-corrected chi connectivity index (χ4v) is 3.70. The van der Waals surface area contributed by atoms with Gasteiger partial charge in [-0.15, -0.1) is 11.3 Å². The highest BCUT2D eigenvalue weighted by Crippen LogP contribution is 2.46.